The fraction of sp³-hybridized carbons (Fsp3) is 0.167. The number of carbonyl (C=O) groups is 1. The molecule has 0 aliphatic heterocycles. The lowest BCUT2D eigenvalue weighted by molar-refractivity contribution is 0.0984. The zero-order valence-corrected chi connectivity index (χ0v) is 9.15. The standard InChI is InChI=1S/C12H10F2N2O/c1-16-7-15-6-10(16)11(17)5-8-3-2-4-9(13)12(8)14/h2-4,6-7H,5H2,1H3. The Morgan fingerprint density at radius 2 is 2.18 bits per heavy atom. The number of nitrogens with zero attached hydrogens (tertiary/aromatic N) is 2. The van der Waals surface area contributed by atoms with Gasteiger partial charge in [-0.15, -0.1) is 0 Å². The summed E-state index contributed by atoms with van der Waals surface area (Å²) in [7, 11) is 1.67. The first-order chi connectivity index (χ1) is 8.09. The Bertz CT molecular complexity index is 563. The highest BCUT2D eigenvalue weighted by molar-refractivity contribution is 5.95. The van der Waals surface area contributed by atoms with Crippen molar-refractivity contribution in [3.63, 3.8) is 0 Å². The van der Waals surface area contributed by atoms with Crippen LogP contribution in [0.25, 0.3) is 0 Å². The van der Waals surface area contributed by atoms with Crippen LogP contribution in [0.5, 0.6) is 0 Å². The number of rotatable bonds is 3. The van der Waals surface area contributed by atoms with Crippen LogP contribution in [-0.4, -0.2) is 15.3 Å². The van der Waals surface area contributed by atoms with Crippen molar-refractivity contribution in [2.24, 2.45) is 7.05 Å². The average molecular weight is 236 g/mol. The molecular weight excluding hydrogens is 226 g/mol. The highest BCUT2D eigenvalue weighted by Crippen LogP contribution is 2.14. The number of hydrogen-bond acceptors (Lipinski definition) is 2. The summed E-state index contributed by atoms with van der Waals surface area (Å²) in [5.41, 5.74) is 0.421. The van der Waals surface area contributed by atoms with Crippen LogP contribution in [0.1, 0.15) is 16.1 Å². The molecule has 2 aromatic rings. The van der Waals surface area contributed by atoms with Gasteiger partial charge in [0, 0.05) is 13.5 Å². The van der Waals surface area contributed by atoms with Gasteiger partial charge < -0.3 is 4.57 Å². The van der Waals surface area contributed by atoms with E-state index in [9.17, 15) is 13.6 Å². The molecule has 1 heterocycles. The van der Waals surface area contributed by atoms with Crippen molar-refractivity contribution in [2.75, 3.05) is 0 Å². The molecule has 0 saturated heterocycles. The predicted molar refractivity (Wildman–Crippen MR) is 57.6 cm³/mol. The number of carbonyl (C=O) groups excluding carboxylic acids is 1. The maximum absolute atomic E-state index is 13.4. The first-order valence-corrected chi connectivity index (χ1v) is 5.02. The summed E-state index contributed by atoms with van der Waals surface area (Å²) in [6, 6.07) is 3.80. The van der Waals surface area contributed by atoms with Crippen LogP contribution >= 0.6 is 0 Å². The lowest BCUT2D eigenvalue weighted by Gasteiger charge is -2.03. The number of Topliss-reactive ketones (excluding diaryl/α,β-unsaturated/α-hetero) is 1. The molecule has 0 N–H and O–H groups in total. The van der Waals surface area contributed by atoms with Crippen LogP contribution in [-0.2, 0) is 13.5 Å². The van der Waals surface area contributed by atoms with Crippen molar-refractivity contribution in [1.29, 1.82) is 0 Å². The van der Waals surface area contributed by atoms with Gasteiger partial charge in [0.15, 0.2) is 17.4 Å². The van der Waals surface area contributed by atoms with Crippen LogP contribution in [0.2, 0.25) is 0 Å². The fourth-order valence-electron chi connectivity index (χ4n) is 1.57. The maximum atomic E-state index is 13.4. The maximum Gasteiger partial charge on any atom is 0.185 e. The number of imidazole rings is 1. The summed E-state index contributed by atoms with van der Waals surface area (Å²) in [4.78, 5) is 15.6. The van der Waals surface area contributed by atoms with E-state index in [1.54, 1.807) is 11.6 Å². The van der Waals surface area contributed by atoms with E-state index in [1.807, 2.05) is 0 Å². The summed E-state index contributed by atoms with van der Waals surface area (Å²) in [6.07, 6.45) is 2.71. The molecular formula is C12H10F2N2O. The molecule has 0 bridgehead atoms. The number of aryl methyl sites for hydroxylation is 1. The fourth-order valence-corrected chi connectivity index (χ4v) is 1.57. The molecule has 0 aliphatic carbocycles. The molecule has 0 fully saturated rings. The number of aromatic nitrogens is 2. The van der Waals surface area contributed by atoms with E-state index in [4.69, 9.17) is 0 Å². The van der Waals surface area contributed by atoms with Crippen LogP contribution in [0.3, 0.4) is 0 Å². The summed E-state index contributed by atoms with van der Waals surface area (Å²) < 4.78 is 27.8. The quantitative estimate of drug-likeness (QED) is 0.765. The van der Waals surface area contributed by atoms with E-state index >= 15 is 0 Å². The smallest absolute Gasteiger partial charge is 0.185 e. The van der Waals surface area contributed by atoms with E-state index < -0.39 is 11.6 Å². The van der Waals surface area contributed by atoms with Crippen molar-refractivity contribution in [3.05, 3.63) is 53.6 Å². The molecule has 2 rings (SSSR count). The van der Waals surface area contributed by atoms with E-state index in [0.717, 1.165) is 6.07 Å². The van der Waals surface area contributed by atoms with Gasteiger partial charge in [0.25, 0.3) is 0 Å². The third kappa shape index (κ3) is 2.22. The zero-order valence-electron chi connectivity index (χ0n) is 9.15. The molecule has 5 heteroatoms. The van der Waals surface area contributed by atoms with Crippen LogP contribution in [0.4, 0.5) is 8.78 Å². The van der Waals surface area contributed by atoms with Gasteiger partial charge in [-0.1, -0.05) is 12.1 Å². The van der Waals surface area contributed by atoms with Crippen LogP contribution in [0, 0.1) is 11.6 Å². The molecule has 3 nitrogen and oxygen atoms in total. The third-order valence-corrected chi connectivity index (χ3v) is 2.48. The monoisotopic (exact) mass is 236 g/mol. The molecule has 0 aliphatic rings. The molecule has 1 aromatic heterocycles. The molecule has 0 amide bonds. The van der Waals surface area contributed by atoms with Gasteiger partial charge in [-0.25, -0.2) is 13.8 Å². The normalized spacial score (nSPS) is 10.5. The van der Waals surface area contributed by atoms with E-state index in [2.05, 4.69) is 4.98 Å². The Hall–Kier alpha value is -2.04. The summed E-state index contributed by atoms with van der Waals surface area (Å²) in [5.74, 6) is -2.21. The number of ketones is 1. The Morgan fingerprint density at radius 1 is 1.41 bits per heavy atom. The first kappa shape index (κ1) is 11.4. The van der Waals surface area contributed by atoms with Gasteiger partial charge in [0.2, 0.25) is 0 Å². The highest BCUT2D eigenvalue weighted by Gasteiger charge is 2.15. The van der Waals surface area contributed by atoms with Gasteiger partial charge in [-0.05, 0) is 11.6 Å². The van der Waals surface area contributed by atoms with Crippen molar-refractivity contribution in [1.82, 2.24) is 9.55 Å². The molecule has 0 spiro atoms. The van der Waals surface area contributed by atoms with Gasteiger partial charge in [0.1, 0.15) is 5.69 Å². The third-order valence-electron chi connectivity index (χ3n) is 2.48. The highest BCUT2D eigenvalue weighted by atomic mass is 19.2. The summed E-state index contributed by atoms with van der Waals surface area (Å²) in [6.45, 7) is 0. The van der Waals surface area contributed by atoms with Gasteiger partial charge in [0.05, 0.1) is 12.5 Å². The molecule has 0 saturated carbocycles. The molecule has 0 unspecified atom stereocenters. The van der Waals surface area contributed by atoms with Gasteiger partial charge >= 0.3 is 0 Å². The Morgan fingerprint density at radius 3 is 2.82 bits per heavy atom. The van der Waals surface area contributed by atoms with Crippen molar-refractivity contribution in [2.45, 2.75) is 6.42 Å². The second-order valence-electron chi connectivity index (χ2n) is 3.70. The number of halogens is 2. The minimum absolute atomic E-state index is 0.0520. The molecule has 17 heavy (non-hydrogen) atoms. The predicted octanol–water partition coefficient (Wildman–Crippen LogP) is 2.12. The average Bonchev–Trinajstić information content (AvgIpc) is 2.71. The molecule has 0 radical (unpaired) electrons. The lowest BCUT2D eigenvalue weighted by Crippen LogP contribution is -2.10. The van der Waals surface area contributed by atoms with Gasteiger partial charge in [-0.3, -0.25) is 4.79 Å². The van der Waals surface area contributed by atoms with Crippen molar-refractivity contribution < 1.29 is 13.6 Å². The SMILES string of the molecule is Cn1cncc1C(=O)Cc1cccc(F)c1F. The lowest BCUT2D eigenvalue weighted by atomic mass is 10.1. The van der Waals surface area contributed by atoms with Crippen LogP contribution < -0.4 is 0 Å². The van der Waals surface area contributed by atoms with E-state index in [-0.39, 0.29) is 17.8 Å². The van der Waals surface area contributed by atoms with Gasteiger partial charge in [-0.2, -0.15) is 0 Å². The summed E-state index contributed by atoms with van der Waals surface area (Å²) >= 11 is 0. The zero-order chi connectivity index (χ0) is 12.4. The molecule has 0 atom stereocenters. The van der Waals surface area contributed by atoms with E-state index in [1.165, 1.54) is 24.7 Å². The second-order valence-corrected chi connectivity index (χ2v) is 3.70. The van der Waals surface area contributed by atoms with Crippen molar-refractivity contribution >= 4 is 5.78 Å². The minimum Gasteiger partial charge on any atom is -0.331 e. The number of hydrogen-bond donors (Lipinski definition) is 0. The molecule has 1 aromatic carbocycles. The van der Waals surface area contributed by atoms with E-state index in [0.29, 0.717) is 5.69 Å². The largest absolute Gasteiger partial charge is 0.331 e. The van der Waals surface area contributed by atoms with Crippen LogP contribution in [0.15, 0.2) is 30.7 Å². The molecule has 88 valence electrons. The van der Waals surface area contributed by atoms with Crippen molar-refractivity contribution in [3.8, 4) is 0 Å². The Balaban J connectivity index is 2.25. The topological polar surface area (TPSA) is 34.9 Å². The first-order valence-electron chi connectivity index (χ1n) is 5.02. The minimum atomic E-state index is -0.969. The number of benzene rings is 1. The summed E-state index contributed by atoms with van der Waals surface area (Å²) in [5, 5.41) is 0. The Kier molecular flexibility index (Phi) is 2.99. The second kappa shape index (κ2) is 4.45. The Labute approximate surface area is 96.7 Å².